The van der Waals surface area contributed by atoms with Gasteiger partial charge >= 0.3 is 0 Å². The van der Waals surface area contributed by atoms with Crippen molar-refractivity contribution < 1.29 is 14.6 Å². The van der Waals surface area contributed by atoms with Crippen LogP contribution in [0.2, 0.25) is 0 Å². The minimum Gasteiger partial charge on any atom is -0.497 e. The lowest BCUT2D eigenvalue weighted by Gasteiger charge is -2.23. The van der Waals surface area contributed by atoms with Gasteiger partial charge in [-0.1, -0.05) is 13.8 Å². The molecular formula is C14H21NO3. The number of benzene rings is 1. The van der Waals surface area contributed by atoms with Crippen molar-refractivity contribution in [2.45, 2.75) is 20.3 Å². The number of aliphatic hydroxyl groups excluding tert-OH is 1. The molecule has 0 atom stereocenters. The van der Waals surface area contributed by atoms with E-state index >= 15 is 0 Å². The fourth-order valence-corrected chi connectivity index (χ4v) is 1.56. The summed E-state index contributed by atoms with van der Waals surface area (Å²) in [5, 5.41) is 11.8. The molecule has 0 aromatic heterocycles. The first-order chi connectivity index (χ1) is 8.48. The van der Waals surface area contributed by atoms with Crippen LogP contribution in [-0.2, 0) is 0 Å². The Labute approximate surface area is 108 Å². The van der Waals surface area contributed by atoms with Crippen LogP contribution >= 0.6 is 0 Å². The lowest BCUT2D eigenvalue weighted by Crippen LogP contribution is -2.34. The fourth-order valence-electron chi connectivity index (χ4n) is 1.56. The van der Waals surface area contributed by atoms with Gasteiger partial charge in [0.15, 0.2) is 0 Å². The summed E-state index contributed by atoms with van der Waals surface area (Å²) >= 11 is 0. The van der Waals surface area contributed by atoms with E-state index in [0.29, 0.717) is 18.5 Å². The third-order valence-corrected chi connectivity index (χ3v) is 2.87. The zero-order valence-electron chi connectivity index (χ0n) is 11.2. The van der Waals surface area contributed by atoms with Crippen molar-refractivity contribution in [3.05, 3.63) is 29.8 Å². The van der Waals surface area contributed by atoms with Crippen LogP contribution in [0.4, 0.5) is 0 Å². The molecule has 0 fully saturated rings. The molecule has 100 valence electrons. The van der Waals surface area contributed by atoms with Gasteiger partial charge in [-0.25, -0.2) is 0 Å². The maximum absolute atomic E-state index is 11.9. The van der Waals surface area contributed by atoms with Crippen LogP contribution in [0.15, 0.2) is 24.3 Å². The maximum Gasteiger partial charge on any atom is 0.251 e. The SMILES string of the molecule is COc1ccc(C(=O)NCC(C)(C)CCO)cc1. The molecule has 0 aliphatic carbocycles. The summed E-state index contributed by atoms with van der Waals surface area (Å²) in [4.78, 5) is 11.9. The molecule has 0 radical (unpaired) electrons. The molecule has 18 heavy (non-hydrogen) atoms. The maximum atomic E-state index is 11.9. The lowest BCUT2D eigenvalue weighted by molar-refractivity contribution is 0.0928. The molecule has 0 aliphatic heterocycles. The molecule has 2 N–H and O–H groups in total. The zero-order chi connectivity index (χ0) is 13.6. The lowest BCUT2D eigenvalue weighted by atomic mass is 9.89. The molecule has 1 aromatic carbocycles. The molecule has 0 spiro atoms. The normalized spacial score (nSPS) is 11.1. The summed E-state index contributed by atoms with van der Waals surface area (Å²) in [6, 6.07) is 6.97. The molecular weight excluding hydrogens is 230 g/mol. The number of carbonyl (C=O) groups excluding carboxylic acids is 1. The Morgan fingerprint density at radius 1 is 1.33 bits per heavy atom. The summed E-state index contributed by atoms with van der Waals surface area (Å²) in [5.41, 5.74) is 0.507. The second kappa shape index (κ2) is 6.40. The molecule has 0 unspecified atom stereocenters. The topological polar surface area (TPSA) is 58.6 Å². The standard InChI is InChI=1S/C14H21NO3/c1-14(2,8-9-16)10-15-13(17)11-4-6-12(18-3)7-5-11/h4-7,16H,8-10H2,1-3H3,(H,15,17). The molecule has 4 nitrogen and oxygen atoms in total. The summed E-state index contributed by atoms with van der Waals surface area (Å²) in [6.45, 7) is 4.69. The van der Waals surface area contributed by atoms with E-state index in [1.54, 1.807) is 31.4 Å². The van der Waals surface area contributed by atoms with E-state index < -0.39 is 0 Å². The van der Waals surface area contributed by atoms with Crippen molar-refractivity contribution in [3.8, 4) is 5.75 Å². The highest BCUT2D eigenvalue weighted by atomic mass is 16.5. The fraction of sp³-hybridized carbons (Fsp3) is 0.500. The van der Waals surface area contributed by atoms with E-state index in [2.05, 4.69) is 5.32 Å². The molecule has 0 saturated carbocycles. The van der Waals surface area contributed by atoms with Gasteiger partial charge in [0.25, 0.3) is 5.91 Å². The molecule has 0 aliphatic rings. The summed E-state index contributed by atoms with van der Waals surface area (Å²) in [7, 11) is 1.59. The van der Waals surface area contributed by atoms with Crippen LogP contribution in [0.1, 0.15) is 30.6 Å². The number of amides is 1. The quantitative estimate of drug-likeness (QED) is 0.811. The highest BCUT2D eigenvalue weighted by molar-refractivity contribution is 5.94. The van der Waals surface area contributed by atoms with Gasteiger partial charge in [0.1, 0.15) is 5.75 Å². The Morgan fingerprint density at radius 2 is 1.94 bits per heavy atom. The van der Waals surface area contributed by atoms with Crippen LogP contribution < -0.4 is 10.1 Å². The van der Waals surface area contributed by atoms with E-state index in [9.17, 15) is 4.79 Å². The van der Waals surface area contributed by atoms with Gasteiger partial charge in [0.05, 0.1) is 7.11 Å². The van der Waals surface area contributed by atoms with Gasteiger partial charge in [-0.3, -0.25) is 4.79 Å². The number of carbonyl (C=O) groups is 1. The Balaban J connectivity index is 2.54. The van der Waals surface area contributed by atoms with Crippen LogP contribution in [0.25, 0.3) is 0 Å². The number of methoxy groups -OCH3 is 1. The van der Waals surface area contributed by atoms with Crippen molar-refractivity contribution >= 4 is 5.91 Å². The number of rotatable bonds is 6. The van der Waals surface area contributed by atoms with E-state index in [-0.39, 0.29) is 17.9 Å². The highest BCUT2D eigenvalue weighted by Crippen LogP contribution is 2.18. The predicted octanol–water partition coefficient (Wildman–Crippen LogP) is 1.83. The number of hydrogen-bond donors (Lipinski definition) is 2. The second-order valence-electron chi connectivity index (χ2n) is 5.05. The average Bonchev–Trinajstić information content (AvgIpc) is 2.36. The minimum absolute atomic E-state index is 0.100. The van der Waals surface area contributed by atoms with E-state index in [1.807, 2.05) is 13.8 Å². The Bertz CT molecular complexity index is 385. The molecule has 4 heteroatoms. The van der Waals surface area contributed by atoms with E-state index in [0.717, 1.165) is 5.75 Å². The van der Waals surface area contributed by atoms with Gasteiger partial charge in [-0.2, -0.15) is 0 Å². The van der Waals surface area contributed by atoms with Crippen LogP contribution in [0.5, 0.6) is 5.75 Å². The number of ether oxygens (including phenoxy) is 1. The third-order valence-electron chi connectivity index (χ3n) is 2.87. The van der Waals surface area contributed by atoms with Crippen LogP contribution in [-0.4, -0.2) is 31.3 Å². The Morgan fingerprint density at radius 3 is 2.44 bits per heavy atom. The zero-order valence-corrected chi connectivity index (χ0v) is 11.2. The minimum atomic E-state index is -0.108. The van der Waals surface area contributed by atoms with Gasteiger partial charge in [0, 0.05) is 18.7 Å². The third kappa shape index (κ3) is 4.37. The molecule has 0 bridgehead atoms. The first-order valence-electron chi connectivity index (χ1n) is 6.01. The van der Waals surface area contributed by atoms with E-state index in [1.165, 1.54) is 0 Å². The van der Waals surface area contributed by atoms with Gasteiger partial charge in [-0.05, 0) is 36.1 Å². The monoisotopic (exact) mass is 251 g/mol. The van der Waals surface area contributed by atoms with Gasteiger partial charge in [0.2, 0.25) is 0 Å². The average molecular weight is 251 g/mol. The largest absolute Gasteiger partial charge is 0.497 e. The van der Waals surface area contributed by atoms with Crippen LogP contribution in [0, 0.1) is 5.41 Å². The highest BCUT2D eigenvalue weighted by Gasteiger charge is 2.18. The summed E-state index contributed by atoms with van der Waals surface area (Å²) < 4.78 is 5.04. The van der Waals surface area contributed by atoms with Gasteiger partial charge in [-0.15, -0.1) is 0 Å². The number of aliphatic hydroxyl groups is 1. The first-order valence-corrected chi connectivity index (χ1v) is 6.01. The van der Waals surface area contributed by atoms with Gasteiger partial charge < -0.3 is 15.2 Å². The van der Waals surface area contributed by atoms with Crippen molar-refractivity contribution in [2.24, 2.45) is 5.41 Å². The van der Waals surface area contributed by atoms with Crippen molar-refractivity contribution in [1.29, 1.82) is 0 Å². The second-order valence-corrected chi connectivity index (χ2v) is 5.05. The van der Waals surface area contributed by atoms with Crippen molar-refractivity contribution in [1.82, 2.24) is 5.32 Å². The number of hydrogen-bond acceptors (Lipinski definition) is 3. The Hall–Kier alpha value is -1.55. The molecule has 1 aromatic rings. The van der Waals surface area contributed by atoms with Crippen LogP contribution in [0.3, 0.4) is 0 Å². The molecule has 1 amide bonds. The summed E-state index contributed by atoms with van der Waals surface area (Å²) in [5.74, 6) is 0.621. The first kappa shape index (κ1) is 14.5. The van der Waals surface area contributed by atoms with Crippen molar-refractivity contribution in [3.63, 3.8) is 0 Å². The predicted molar refractivity (Wildman–Crippen MR) is 70.8 cm³/mol. The molecule has 1 rings (SSSR count). The van der Waals surface area contributed by atoms with Crippen molar-refractivity contribution in [2.75, 3.05) is 20.3 Å². The smallest absolute Gasteiger partial charge is 0.251 e. The molecule has 0 saturated heterocycles. The number of nitrogens with one attached hydrogen (secondary N) is 1. The Kier molecular flexibility index (Phi) is 5.16. The van der Waals surface area contributed by atoms with E-state index in [4.69, 9.17) is 9.84 Å². The molecule has 0 heterocycles. The summed E-state index contributed by atoms with van der Waals surface area (Å²) in [6.07, 6.45) is 0.663.